The van der Waals surface area contributed by atoms with Crippen LogP contribution in [0.5, 0.6) is 0 Å². The first kappa shape index (κ1) is 11.0. The summed E-state index contributed by atoms with van der Waals surface area (Å²) in [5.41, 5.74) is 1.89. The van der Waals surface area contributed by atoms with E-state index in [2.05, 4.69) is 13.8 Å². The summed E-state index contributed by atoms with van der Waals surface area (Å²) in [5.74, 6) is 0.160. The van der Waals surface area contributed by atoms with Crippen molar-refractivity contribution in [3.63, 3.8) is 0 Å². The molecule has 1 aromatic heterocycles. The monoisotopic (exact) mass is 242 g/mol. The van der Waals surface area contributed by atoms with Crippen LogP contribution in [-0.2, 0) is 17.2 Å². The summed E-state index contributed by atoms with van der Waals surface area (Å²) in [4.78, 5) is 12.0. The maximum atomic E-state index is 12.0. The first-order valence-electron chi connectivity index (χ1n) is 4.88. The van der Waals surface area contributed by atoms with Crippen molar-refractivity contribution in [1.29, 1.82) is 0 Å². The third kappa shape index (κ3) is 1.93. The highest BCUT2D eigenvalue weighted by Gasteiger charge is 2.34. The van der Waals surface area contributed by atoms with E-state index in [1.54, 1.807) is 6.26 Å². The van der Waals surface area contributed by atoms with Gasteiger partial charge < -0.3 is 0 Å². The number of carbonyl (C=O) groups excluding carboxylic acids is 1. The van der Waals surface area contributed by atoms with Crippen molar-refractivity contribution in [2.75, 3.05) is 6.26 Å². The summed E-state index contributed by atoms with van der Waals surface area (Å²) in [5, 5.41) is 1.99. The molecule has 0 amide bonds. The van der Waals surface area contributed by atoms with Gasteiger partial charge in [0, 0.05) is 18.2 Å². The fourth-order valence-corrected chi connectivity index (χ4v) is 4.14. The highest BCUT2D eigenvalue weighted by Crippen LogP contribution is 2.39. The maximum Gasteiger partial charge on any atom is 0.165 e. The van der Waals surface area contributed by atoms with Crippen LogP contribution in [0.1, 0.15) is 36.2 Å². The Hall–Kier alpha value is -0.480. The van der Waals surface area contributed by atoms with E-state index in [9.17, 15) is 9.00 Å². The molecule has 15 heavy (non-hydrogen) atoms. The van der Waals surface area contributed by atoms with E-state index >= 15 is 0 Å². The van der Waals surface area contributed by atoms with Crippen LogP contribution in [-0.4, -0.2) is 16.2 Å². The van der Waals surface area contributed by atoms with Gasteiger partial charge in [-0.25, -0.2) is 0 Å². The molecule has 4 heteroatoms. The van der Waals surface area contributed by atoms with Gasteiger partial charge in [0.25, 0.3) is 0 Å². The van der Waals surface area contributed by atoms with Crippen LogP contribution in [0.2, 0.25) is 0 Å². The first-order chi connectivity index (χ1) is 6.91. The fraction of sp³-hybridized carbons (Fsp3) is 0.545. The topological polar surface area (TPSA) is 34.1 Å². The molecule has 0 saturated carbocycles. The van der Waals surface area contributed by atoms with E-state index in [0.29, 0.717) is 6.42 Å². The average molecular weight is 242 g/mol. The number of hydrogen-bond donors (Lipinski definition) is 0. The first-order valence-corrected chi connectivity index (χ1v) is 7.31. The number of ketones is 1. The molecule has 0 N–H and O–H groups in total. The largest absolute Gasteiger partial charge is 0.294 e. The Morgan fingerprint density at radius 2 is 2.07 bits per heavy atom. The molecule has 0 unspecified atom stereocenters. The molecule has 2 rings (SSSR count). The van der Waals surface area contributed by atoms with Crippen molar-refractivity contribution in [3.05, 3.63) is 16.5 Å². The zero-order valence-corrected chi connectivity index (χ0v) is 10.8. The van der Waals surface area contributed by atoms with Gasteiger partial charge in [-0.1, -0.05) is 13.8 Å². The van der Waals surface area contributed by atoms with E-state index in [0.717, 1.165) is 21.8 Å². The second-order valence-electron chi connectivity index (χ2n) is 4.82. The molecule has 1 aliphatic carbocycles. The zero-order chi connectivity index (χ0) is 11.2. The molecule has 2 nitrogen and oxygen atoms in total. The van der Waals surface area contributed by atoms with Crippen molar-refractivity contribution in [2.24, 2.45) is 5.41 Å². The predicted molar refractivity (Wildman–Crippen MR) is 63.1 cm³/mol. The minimum atomic E-state index is -1.04. The van der Waals surface area contributed by atoms with E-state index < -0.39 is 10.8 Å². The molecule has 0 radical (unpaired) electrons. The smallest absolute Gasteiger partial charge is 0.165 e. The maximum absolute atomic E-state index is 12.0. The lowest BCUT2D eigenvalue weighted by molar-refractivity contribution is 0.0910. The van der Waals surface area contributed by atoms with Crippen molar-refractivity contribution in [2.45, 2.75) is 30.9 Å². The Labute approximate surface area is 96.2 Å². The normalized spacial score (nSPS) is 21.1. The van der Waals surface area contributed by atoms with Crippen LogP contribution < -0.4 is 0 Å². The van der Waals surface area contributed by atoms with Gasteiger partial charge in [0.1, 0.15) is 4.21 Å². The van der Waals surface area contributed by atoms with Gasteiger partial charge in [0.05, 0.1) is 10.8 Å². The minimum Gasteiger partial charge on any atom is -0.294 e. The Bertz CT molecular complexity index is 443. The summed E-state index contributed by atoms with van der Waals surface area (Å²) in [6.07, 6.45) is 3.13. The molecule has 1 atom stereocenters. The molecule has 0 aliphatic heterocycles. The van der Waals surface area contributed by atoms with Crippen molar-refractivity contribution in [1.82, 2.24) is 0 Å². The number of thiophene rings is 1. The molecule has 0 spiro atoms. The van der Waals surface area contributed by atoms with Gasteiger partial charge in [-0.15, -0.1) is 11.3 Å². The van der Waals surface area contributed by atoms with Gasteiger partial charge in [0.2, 0.25) is 0 Å². The lowest BCUT2D eigenvalue weighted by Gasteiger charge is -2.28. The van der Waals surface area contributed by atoms with Crippen molar-refractivity contribution in [3.8, 4) is 0 Å². The predicted octanol–water partition coefficient (Wildman–Crippen LogP) is 2.64. The van der Waals surface area contributed by atoms with Gasteiger partial charge in [-0.3, -0.25) is 9.00 Å². The molecular weight excluding hydrogens is 228 g/mol. The van der Waals surface area contributed by atoms with Gasteiger partial charge in [-0.2, -0.15) is 0 Å². The minimum absolute atomic E-state index is 0.0532. The lowest BCUT2D eigenvalue weighted by atomic mass is 9.75. The number of fused-ring (bicyclic) bond motifs is 1. The van der Waals surface area contributed by atoms with Crippen LogP contribution in [0.25, 0.3) is 0 Å². The molecule has 1 aromatic rings. The third-order valence-electron chi connectivity index (χ3n) is 2.68. The van der Waals surface area contributed by atoms with E-state index in [1.807, 2.05) is 5.38 Å². The fourth-order valence-electron chi connectivity index (χ4n) is 2.11. The summed E-state index contributed by atoms with van der Waals surface area (Å²) >= 11 is 1.46. The summed E-state index contributed by atoms with van der Waals surface area (Å²) in [7, 11) is -1.04. The van der Waals surface area contributed by atoms with Crippen molar-refractivity contribution >= 4 is 27.9 Å². The lowest BCUT2D eigenvalue weighted by Crippen LogP contribution is -2.26. The Morgan fingerprint density at radius 3 is 2.67 bits per heavy atom. The van der Waals surface area contributed by atoms with E-state index in [1.165, 1.54) is 11.3 Å². The molecular formula is C11H14O2S2. The van der Waals surface area contributed by atoms with Gasteiger partial charge >= 0.3 is 0 Å². The van der Waals surface area contributed by atoms with Crippen LogP contribution in [0.3, 0.4) is 0 Å². The van der Waals surface area contributed by atoms with Crippen molar-refractivity contribution < 1.29 is 9.00 Å². The molecule has 1 aliphatic rings. The van der Waals surface area contributed by atoms with Crippen LogP contribution in [0.4, 0.5) is 0 Å². The standard InChI is InChI=1S/C11H14O2S2/c1-11(2)4-7-6-14-10(15(3)13)9(7)8(12)5-11/h6H,4-5H2,1-3H3/t15-/m1/s1. The number of rotatable bonds is 1. The zero-order valence-electron chi connectivity index (χ0n) is 9.12. The Balaban J connectivity index is 2.53. The molecule has 82 valence electrons. The summed E-state index contributed by atoms with van der Waals surface area (Å²) in [6.45, 7) is 4.21. The van der Waals surface area contributed by atoms with Crippen LogP contribution in [0, 0.1) is 5.41 Å². The van der Waals surface area contributed by atoms with Gasteiger partial charge in [-0.05, 0) is 22.8 Å². The summed E-state index contributed by atoms with van der Waals surface area (Å²) in [6, 6.07) is 0. The second-order valence-corrected chi connectivity index (χ2v) is 7.27. The molecule has 0 fully saturated rings. The number of Topliss-reactive ketones (excluding diaryl/α,β-unsaturated/α-hetero) is 1. The Kier molecular flexibility index (Phi) is 2.59. The molecule has 0 saturated heterocycles. The third-order valence-corrected chi connectivity index (χ3v) is 5.22. The van der Waals surface area contributed by atoms with E-state index in [4.69, 9.17) is 0 Å². The van der Waals surface area contributed by atoms with Crippen LogP contribution >= 0.6 is 11.3 Å². The molecule has 0 aromatic carbocycles. The summed E-state index contributed by atoms with van der Waals surface area (Å²) < 4.78 is 12.2. The average Bonchev–Trinajstić information content (AvgIpc) is 2.45. The number of carbonyl (C=O) groups is 1. The molecule has 0 bridgehead atoms. The quantitative estimate of drug-likeness (QED) is 0.758. The van der Waals surface area contributed by atoms with E-state index in [-0.39, 0.29) is 11.2 Å². The second kappa shape index (κ2) is 3.52. The number of hydrogen-bond acceptors (Lipinski definition) is 3. The highest BCUT2D eigenvalue weighted by atomic mass is 32.2. The SMILES string of the molecule is C[S@@](=O)c1scc2c1C(=O)CC(C)(C)C2. The highest BCUT2D eigenvalue weighted by molar-refractivity contribution is 7.86. The van der Waals surface area contributed by atoms with Gasteiger partial charge in [0.15, 0.2) is 5.78 Å². The Morgan fingerprint density at radius 1 is 1.40 bits per heavy atom. The van der Waals surface area contributed by atoms with Crippen LogP contribution in [0.15, 0.2) is 9.59 Å². The molecule has 1 heterocycles.